The summed E-state index contributed by atoms with van der Waals surface area (Å²) in [4.78, 5) is 13.8. The van der Waals surface area contributed by atoms with Crippen LogP contribution < -0.4 is 10.2 Å². The van der Waals surface area contributed by atoms with Crippen LogP contribution in [0.15, 0.2) is 34.4 Å². The van der Waals surface area contributed by atoms with Gasteiger partial charge in [0.15, 0.2) is 0 Å². The number of hydrogen-bond acceptors (Lipinski definition) is 3. The monoisotopic (exact) mass is 260 g/mol. The standard InChI is InChI=1S/C14H16N2OS/c17-14-16-12(9-18-14)8-15-7-11-3-1-2-4-13(11)10-5-6-10/h1-4,9-10,15H,5-8H2,(H,16,17). The first kappa shape index (κ1) is 11.7. The van der Waals surface area contributed by atoms with Crippen LogP contribution >= 0.6 is 11.3 Å². The van der Waals surface area contributed by atoms with Crippen LogP contribution in [0.3, 0.4) is 0 Å². The van der Waals surface area contributed by atoms with Crippen molar-refractivity contribution in [1.82, 2.24) is 10.3 Å². The number of hydrogen-bond donors (Lipinski definition) is 2. The fourth-order valence-corrected chi connectivity index (χ4v) is 2.80. The molecule has 0 spiro atoms. The lowest BCUT2D eigenvalue weighted by Crippen LogP contribution is -2.14. The van der Waals surface area contributed by atoms with E-state index in [0.717, 1.165) is 24.7 Å². The molecule has 1 fully saturated rings. The summed E-state index contributed by atoms with van der Waals surface area (Å²) in [5.74, 6) is 0.781. The second-order valence-corrected chi connectivity index (χ2v) is 5.59. The Labute approximate surface area is 110 Å². The van der Waals surface area contributed by atoms with Crippen LogP contribution in [0.4, 0.5) is 0 Å². The number of aromatic nitrogens is 1. The van der Waals surface area contributed by atoms with Crippen molar-refractivity contribution in [3.05, 3.63) is 56.1 Å². The largest absolute Gasteiger partial charge is 0.315 e. The van der Waals surface area contributed by atoms with Gasteiger partial charge < -0.3 is 10.3 Å². The van der Waals surface area contributed by atoms with E-state index in [1.165, 1.54) is 35.3 Å². The van der Waals surface area contributed by atoms with Gasteiger partial charge in [-0.3, -0.25) is 4.79 Å². The summed E-state index contributed by atoms with van der Waals surface area (Å²) >= 11 is 1.22. The molecule has 1 aromatic carbocycles. The minimum atomic E-state index is 0.0187. The maximum atomic E-state index is 11.0. The first-order valence-electron chi connectivity index (χ1n) is 6.28. The number of aromatic amines is 1. The second kappa shape index (κ2) is 5.08. The minimum absolute atomic E-state index is 0.0187. The maximum absolute atomic E-state index is 11.0. The maximum Gasteiger partial charge on any atom is 0.304 e. The molecule has 0 bridgehead atoms. The molecule has 1 aliphatic rings. The third-order valence-electron chi connectivity index (χ3n) is 3.27. The molecular weight excluding hydrogens is 244 g/mol. The molecule has 1 aromatic heterocycles. The van der Waals surface area contributed by atoms with E-state index in [2.05, 4.69) is 34.6 Å². The molecule has 0 aliphatic heterocycles. The zero-order valence-corrected chi connectivity index (χ0v) is 10.9. The molecule has 0 unspecified atom stereocenters. The number of thiazole rings is 1. The fraction of sp³-hybridized carbons (Fsp3) is 0.357. The Hall–Kier alpha value is -1.39. The molecule has 2 N–H and O–H groups in total. The van der Waals surface area contributed by atoms with Gasteiger partial charge in [0.1, 0.15) is 0 Å². The Balaban J connectivity index is 1.61. The second-order valence-electron chi connectivity index (χ2n) is 4.75. The Morgan fingerprint density at radius 1 is 1.28 bits per heavy atom. The van der Waals surface area contributed by atoms with E-state index in [0.29, 0.717) is 0 Å². The van der Waals surface area contributed by atoms with E-state index in [4.69, 9.17) is 0 Å². The molecule has 0 radical (unpaired) electrons. The van der Waals surface area contributed by atoms with Crippen LogP contribution in [0, 0.1) is 0 Å². The van der Waals surface area contributed by atoms with Crippen LogP contribution in [-0.4, -0.2) is 4.98 Å². The van der Waals surface area contributed by atoms with E-state index >= 15 is 0 Å². The first-order chi connectivity index (χ1) is 8.83. The molecule has 3 rings (SSSR count). The summed E-state index contributed by atoms with van der Waals surface area (Å²) in [6, 6.07) is 8.64. The molecule has 3 nitrogen and oxygen atoms in total. The van der Waals surface area contributed by atoms with Crippen LogP contribution in [0.25, 0.3) is 0 Å². The Kier molecular flexibility index (Phi) is 3.30. The van der Waals surface area contributed by atoms with Crippen molar-refractivity contribution in [3.8, 4) is 0 Å². The molecule has 4 heteroatoms. The predicted octanol–water partition coefficient (Wildman–Crippen LogP) is 2.60. The molecule has 0 amide bonds. The average Bonchev–Trinajstić information content (AvgIpc) is 3.14. The lowest BCUT2D eigenvalue weighted by Gasteiger charge is -2.09. The van der Waals surface area contributed by atoms with Gasteiger partial charge in [0.05, 0.1) is 0 Å². The Morgan fingerprint density at radius 2 is 2.11 bits per heavy atom. The van der Waals surface area contributed by atoms with Crippen molar-refractivity contribution in [2.75, 3.05) is 0 Å². The third kappa shape index (κ3) is 2.71. The molecular formula is C14H16N2OS. The summed E-state index contributed by atoms with van der Waals surface area (Å²) in [6.07, 6.45) is 2.66. The smallest absolute Gasteiger partial charge is 0.304 e. The fourth-order valence-electron chi connectivity index (χ4n) is 2.22. The van der Waals surface area contributed by atoms with Crippen molar-refractivity contribution < 1.29 is 0 Å². The Bertz CT molecular complexity index is 583. The normalized spacial score (nSPS) is 14.9. The van der Waals surface area contributed by atoms with Crippen molar-refractivity contribution >= 4 is 11.3 Å². The molecule has 2 aromatic rings. The SMILES string of the molecule is O=c1[nH]c(CNCc2ccccc2C2CC2)cs1. The predicted molar refractivity (Wildman–Crippen MR) is 73.9 cm³/mol. The van der Waals surface area contributed by atoms with Crippen molar-refractivity contribution in [3.63, 3.8) is 0 Å². The molecule has 94 valence electrons. The van der Waals surface area contributed by atoms with Gasteiger partial charge in [-0.1, -0.05) is 35.6 Å². The van der Waals surface area contributed by atoms with E-state index in [-0.39, 0.29) is 4.87 Å². The van der Waals surface area contributed by atoms with E-state index in [1.807, 2.05) is 5.38 Å². The quantitative estimate of drug-likeness (QED) is 0.868. The molecule has 1 aliphatic carbocycles. The summed E-state index contributed by atoms with van der Waals surface area (Å²) in [6.45, 7) is 1.59. The molecule has 0 saturated heterocycles. The van der Waals surface area contributed by atoms with Crippen LogP contribution in [-0.2, 0) is 13.1 Å². The topological polar surface area (TPSA) is 44.9 Å². The average molecular weight is 260 g/mol. The zero-order chi connectivity index (χ0) is 12.4. The molecule has 0 atom stereocenters. The van der Waals surface area contributed by atoms with Gasteiger partial charge in [0.25, 0.3) is 0 Å². The van der Waals surface area contributed by atoms with Gasteiger partial charge in [-0.2, -0.15) is 0 Å². The molecule has 1 heterocycles. The van der Waals surface area contributed by atoms with Crippen molar-refractivity contribution in [1.29, 1.82) is 0 Å². The van der Waals surface area contributed by atoms with Crippen molar-refractivity contribution in [2.45, 2.75) is 31.8 Å². The molecule has 18 heavy (non-hydrogen) atoms. The summed E-state index contributed by atoms with van der Waals surface area (Å²) in [7, 11) is 0. The van der Waals surface area contributed by atoms with Crippen LogP contribution in [0.1, 0.15) is 35.6 Å². The van der Waals surface area contributed by atoms with Gasteiger partial charge in [-0.15, -0.1) is 0 Å². The first-order valence-corrected chi connectivity index (χ1v) is 7.16. The van der Waals surface area contributed by atoms with Crippen LogP contribution in [0.2, 0.25) is 0 Å². The number of rotatable bonds is 5. The van der Waals surface area contributed by atoms with E-state index in [9.17, 15) is 4.79 Å². The van der Waals surface area contributed by atoms with Gasteiger partial charge in [-0.05, 0) is 29.9 Å². The van der Waals surface area contributed by atoms with Crippen molar-refractivity contribution in [2.24, 2.45) is 0 Å². The highest BCUT2D eigenvalue weighted by molar-refractivity contribution is 7.07. The number of nitrogens with one attached hydrogen (secondary N) is 2. The van der Waals surface area contributed by atoms with Gasteiger partial charge in [0, 0.05) is 24.2 Å². The lowest BCUT2D eigenvalue weighted by atomic mass is 10.0. The minimum Gasteiger partial charge on any atom is -0.315 e. The highest BCUT2D eigenvalue weighted by Gasteiger charge is 2.25. The van der Waals surface area contributed by atoms with E-state index in [1.54, 1.807) is 0 Å². The Morgan fingerprint density at radius 3 is 2.83 bits per heavy atom. The summed E-state index contributed by atoms with van der Waals surface area (Å²) in [5.41, 5.74) is 3.84. The zero-order valence-electron chi connectivity index (χ0n) is 10.1. The third-order valence-corrected chi connectivity index (χ3v) is 3.99. The summed E-state index contributed by atoms with van der Waals surface area (Å²) < 4.78 is 0. The van der Waals surface area contributed by atoms with Crippen LogP contribution in [0.5, 0.6) is 0 Å². The van der Waals surface area contributed by atoms with E-state index < -0.39 is 0 Å². The lowest BCUT2D eigenvalue weighted by molar-refractivity contribution is 0.677. The van der Waals surface area contributed by atoms with Gasteiger partial charge >= 0.3 is 4.87 Å². The number of H-pyrrole nitrogens is 1. The molecule has 1 saturated carbocycles. The summed E-state index contributed by atoms with van der Waals surface area (Å²) in [5, 5.41) is 5.27. The van der Waals surface area contributed by atoms with Gasteiger partial charge in [0.2, 0.25) is 0 Å². The highest BCUT2D eigenvalue weighted by atomic mass is 32.1. The highest BCUT2D eigenvalue weighted by Crippen LogP contribution is 2.41. The number of benzene rings is 1. The van der Waals surface area contributed by atoms with Gasteiger partial charge in [-0.25, -0.2) is 0 Å².